The fourth-order valence-corrected chi connectivity index (χ4v) is 4.51. The number of nitrogens with zero attached hydrogens (tertiary/aromatic N) is 1. The molecule has 1 N–H and O–H groups in total. The number of nitrogens with one attached hydrogen (secondary N) is 1. The first-order valence-electron chi connectivity index (χ1n) is 9.91. The van der Waals surface area contributed by atoms with Crippen LogP contribution < -0.4 is 10.1 Å². The number of anilines is 1. The van der Waals surface area contributed by atoms with Crippen molar-refractivity contribution in [2.45, 2.75) is 13.8 Å². The first-order valence-corrected chi connectivity index (χ1v) is 11.5. The maximum absolute atomic E-state index is 12.4. The minimum absolute atomic E-state index is 0.0991. The fourth-order valence-electron chi connectivity index (χ4n) is 3.26. The van der Waals surface area contributed by atoms with Gasteiger partial charge in [0.2, 0.25) is 0 Å². The second-order valence-corrected chi connectivity index (χ2v) is 8.95. The van der Waals surface area contributed by atoms with Crippen molar-refractivity contribution in [3.8, 4) is 27.6 Å². The summed E-state index contributed by atoms with van der Waals surface area (Å²) in [6.07, 6.45) is 0. The van der Waals surface area contributed by atoms with Crippen LogP contribution in [0.25, 0.3) is 21.8 Å². The predicted octanol–water partition coefficient (Wildman–Crippen LogP) is 7.42. The van der Waals surface area contributed by atoms with Gasteiger partial charge in [0.1, 0.15) is 10.8 Å². The van der Waals surface area contributed by atoms with Crippen LogP contribution in [0.15, 0.2) is 66.0 Å². The van der Waals surface area contributed by atoms with Crippen LogP contribution in [0, 0.1) is 13.8 Å². The van der Waals surface area contributed by atoms with Crippen molar-refractivity contribution in [1.82, 2.24) is 4.98 Å². The number of aryl methyl sites for hydroxylation is 2. The van der Waals surface area contributed by atoms with Gasteiger partial charge in [-0.15, -0.1) is 11.3 Å². The van der Waals surface area contributed by atoms with E-state index in [1.807, 2.05) is 79.9 Å². The molecule has 4 nitrogen and oxygen atoms in total. The van der Waals surface area contributed by atoms with Gasteiger partial charge >= 0.3 is 0 Å². The van der Waals surface area contributed by atoms with Crippen molar-refractivity contribution in [3.05, 3.63) is 87.2 Å². The zero-order valence-corrected chi connectivity index (χ0v) is 19.8. The number of hydrogen-bond donors (Lipinski definition) is 1. The molecular formula is C25H20Cl2N2O2S. The third-order valence-corrected chi connectivity index (χ3v) is 6.63. The molecule has 0 radical (unpaired) electrons. The Morgan fingerprint density at radius 3 is 2.53 bits per heavy atom. The molecule has 0 atom stereocenters. The molecule has 0 unspecified atom stereocenters. The minimum atomic E-state index is -0.248. The second-order valence-electron chi connectivity index (χ2n) is 7.31. The van der Waals surface area contributed by atoms with E-state index >= 15 is 0 Å². The van der Waals surface area contributed by atoms with E-state index in [4.69, 9.17) is 32.9 Å². The SMILES string of the molecule is Cc1cc(OCC(=O)Nc2cccc(-c3csc(-c4ccccc4Cl)n3)c2)cc(C)c1Cl. The number of hydrogen-bond acceptors (Lipinski definition) is 4. The van der Waals surface area contributed by atoms with E-state index < -0.39 is 0 Å². The van der Waals surface area contributed by atoms with E-state index in [-0.39, 0.29) is 12.5 Å². The molecule has 0 aliphatic rings. The van der Waals surface area contributed by atoms with Crippen molar-refractivity contribution in [1.29, 1.82) is 0 Å². The topological polar surface area (TPSA) is 51.2 Å². The number of amides is 1. The Labute approximate surface area is 200 Å². The molecule has 0 bridgehead atoms. The summed E-state index contributed by atoms with van der Waals surface area (Å²) < 4.78 is 5.64. The van der Waals surface area contributed by atoms with Gasteiger partial charge < -0.3 is 10.1 Å². The van der Waals surface area contributed by atoms with Gasteiger partial charge in [0, 0.05) is 27.2 Å². The Morgan fingerprint density at radius 2 is 1.78 bits per heavy atom. The van der Waals surface area contributed by atoms with Crippen molar-refractivity contribution < 1.29 is 9.53 Å². The molecule has 0 saturated carbocycles. The van der Waals surface area contributed by atoms with Crippen molar-refractivity contribution in [2.24, 2.45) is 0 Å². The monoisotopic (exact) mass is 482 g/mol. The molecule has 162 valence electrons. The van der Waals surface area contributed by atoms with Crippen LogP contribution in [0.4, 0.5) is 5.69 Å². The van der Waals surface area contributed by atoms with Gasteiger partial charge in [0.15, 0.2) is 6.61 Å². The maximum atomic E-state index is 12.4. The molecular weight excluding hydrogens is 463 g/mol. The fraction of sp³-hybridized carbons (Fsp3) is 0.120. The number of benzene rings is 3. The minimum Gasteiger partial charge on any atom is -0.484 e. The van der Waals surface area contributed by atoms with E-state index in [0.717, 1.165) is 33.0 Å². The van der Waals surface area contributed by atoms with Gasteiger partial charge in [-0.25, -0.2) is 4.98 Å². The van der Waals surface area contributed by atoms with Gasteiger partial charge in [-0.1, -0.05) is 53.5 Å². The molecule has 0 spiro atoms. The number of ether oxygens (including phenoxy) is 1. The highest BCUT2D eigenvalue weighted by Gasteiger charge is 2.11. The lowest BCUT2D eigenvalue weighted by molar-refractivity contribution is -0.118. The Hall–Kier alpha value is -2.86. The summed E-state index contributed by atoms with van der Waals surface area (Å²) in [6.45, 7) is 3.71. The van der Waals surface area contributed by atoms with Crippen molar-refractivity contribution >= 4 is 46.1 Å². The summed E-state index contributed by atoms with van der Waals surface area (Å²) in [6, 6.07) is 18.8. The van der Waals surface area contributed by atoms with Gasteiger partial charge in [-0.2, -0.15) is 0 Å². The summed E-state index contributed by atoms with van der Waals surface area (Å²) in [4.78, 5) is 17.1. The zero-order valence-electron chi connectivity index (χ0n) is 17.5. The largest absolute Gasteiger partial charge is 0.484 e. The number of rotatable bonds is 6. The highest BCUT2D eigenvalue weighted by atomic mass is 35.5. The van der Waals surface area contributed by atoms with Gasteiger partial charge in [0.05, 0.1) is 10.7 Å². The number of halogens is 2. The van der Waals surface area contributed by atoms with Crippen LogP contribution >= 0.6 is 34.5 Å². The molecule has 1 amide bonds. The lowest BCUT2D eigenvalue weighted by Gasteiger charge is -2.11. The first kappa shape index (κ1) is 22.3. The zero-order chi connectivity index (χ0) is 22.7. The third-order valence-electron chi connectivity index (χ3n) is 4.83. The van der Waals surface area contributed by atoms with Crippen molar-refractivity contribution in [3.63, 3.8) is 0 Å². The Kier molecular flexibility index (Phi) is 6.80. The Morgan fingerprint density at radius 1 is 1.03 bits per heavy atom. The van der Waals surface area contributed by atoms with Gasteiger partial charge in [0.25, 0.3) is 5.91 Å². The average molecular weight is 483 g/mol. The predicted molar refractivity (Wildman–Crippen MR) is 133 cm³/mol. The number of carbonyl (C=O) groups excluding carboxylic acids is 1. The number of carbonyl (C=O) groups is 1. The van der Waals surface area contributed by atoms with Crippen LogP contribution in [-0.4, -0.2) is 17.5 Å². The third kappa shape index (κ3) is 5.13. The lowest BCUT2D eigenvalue weighted by Crippen LogP contribution is -2.20. The molecule has 0 saturated heterocycles. The standard InChI is InChI=1S/C25H20Cl2N2O2S/c1-15-10-19(11-16(2)24(15)27)31-13-23(30)28-18-7-5-6-17(12-18)22-14-32-25(29-22)20-8-3-4-9-21(20)26/h3-12,14H,13H2,1-2H3,(H,28,30). The van der Waals surface area contributed by atoms with Crippen LogP contribution in [0.2, 0.25) is 10.0 Å². The van der Waals surface area contributed by atoms with E-state index in [1.54, 1.807) is 0 Å². The van der Waals surface area contributed by atoms with Crippen LogP contribution in [0.3, 0.4) is 0 Å². The Balaban J connectivity index is 1.43. The van der Waals surface area contributed by atoms with Gasteiger partial charge in [-0.3, -0.25) is 4.79 Å². The molecule has 7 heteroatoms. The highest BCUT2D eigenvalue weighted by Crippen LogP contribution is 2.33. The van der Waals surface area contributed by atoms with Crippen LogP contribution in [0.1, 0.15) is 11.1 Å². The van der Waals surface area contributed by atoms with E-state index in [0.29, 0.717) is 21.5 Å². The molecule has 1 aromatic heterocycles. The van der Waals surface area contributed by atoms with E-state index in [9.17, 15) is 4.79 Å². The number of thiazole rings is 1. The number of aromatic nitrogens is 1. The lowest BCUT2D eigenvalue weighted by atomic mass is 10.1. The highest BCUT2D eigenvalue weighted by molar-refractivity contribution is 7.13. The molecule has 4 rings (SSSR count). The van der Waals surface area contributed by atoms with Crippen molar-refractivity contribution in [2.75, 3.05) is 11.9 Å². The Bertz CT molecular complexity index is 1260. The molecule has 3 aromatic carbocycles. The smallest absolute Gasteiger partial charge is 0.262 e. The van der Waals surface area contributed by atoms with E-state index in [2.05, 4.69) is 5.32 Å². The summed E-state index contributed by atoms with van der Waals surface area (Å²) in [5, 5.41) is 7.08. The second kappa shape index (κ2) is 9.74. The summed E-state index contributed by atoms with van der Waals surface area (Å²) in [5.74, 6) is 0.366. The first-order chi connectivity index (χ1) is 15.4. The summed E-state index contributed by atoms with van der Waals surface area (Å²) in [7, 11) is 0. The van der Waals surface area contributed by atoms with E-state index in [1.165, 1.54) is 11.3 Å². The maximum Gasteiger partial charge on any atom is 0.262 e. The van der Waals surface area contributed by atoms with Crippen LogP contribution in [0.5, 0.6) is 5.75 Å². The molecule has 0 aliphatic carbocycles. The normalized spacial score (nSPS) is 10.8. The molecule has 1 heterocycles. The summed E-state index contributed by atoms with van der Waals surface area (Å²) >= 11 is 14.0. The average Bonchev–Trinajstić information content (AvgIpc) is 3.26. The van der Waals surface area contributed by atoms with Crippen LogP contribution in [-0.2, 0) is 4.79 Å². The summed E-state index contributed by atoms with van der Waals surface area (Å²) in [5.41, 5.74) is 5.13. The molecule has 0 fully saturated rings. The quantitative estimate of drug-likeness (QED) is 0.311. The molecule has 32 heavy (non-hydrogen) atoms. The molecule has 0 aliphatic heterocycles. The van der Waals surface area contributed by atoms with Gasteiger partial charge in [-0.05, 0) is 55.3 Å². The molecule has 4 aromatic rings.